The topological polar surface area (TPSA) is 100 Å². The number of H-pyrrole nitrogens is 1. The van der Waals surface area contributed by atoms with Crippen LogP contribution in [0.5, 0.6) is 0 Å². The van der Waals surface area contributed by atoms with Gasteiger partial charge in [0, 0.05) is 41.0 Å². The molecular formula is C26H28N4O3. The molecule has 0 fully saturated rings. The summed E-state index contributed by atoms with van der Waals surface area (Å²) in [5.41, 5.74) is 5.50. The smallest absolute Gasteiger partial charge is 0.270 e. The maximum atomic E-state index is 13.3. The number of hydrogen-bond acceptors (Lipinski definition) is 4. The van der Waals surface area contributed by atoms with Crippen molar-refractivity contribution >= 4 is 16.8 Å². The fourth-order valence-corrected chi connectivity index (χ4v) is 4.06. The van der Waals surface area contributed by atoms with Gasteiger partial charge in [-0.3, -0.25) is 9.59 Å². The van der Waals surface area contributed by atoms with Crippen LogP contribution in [-0.4, -0.2) is 25.5 Å². The quantitative estimate of drug-likeness (QED) is 0.418. The first kappa shape index (κ1) is 22.5. The molecule has 3 heterocycles. The zero-order valence-electron chi connectivity index (χ0n) is 19.3. The Hall–Kier alpha value is -3.71. The lowest BCUT2D eigenvalue weighted by atomic mass is 10.1. The van der Waals surface area contributed by atoms with E-state index in [0.29, 0.717) is 17.0 Å². The highest BCUT2D eigenvalue weighted by Gasteiger charge is 2.18. The van der Waals surface area contributed by atoms with E-state index in [-0.39, 0.29) is 30.7 Å². The molecule has 7 heteroatoms. The second-order valence-electron chi connectivity index (χ2n) is 8.59. The highest BCUT2D eigenvalue weighted by molar-refractivity contribution is 6.05. The third-order valence-electron chi connectivity index (χ3n) is 5.84. The summed E-state index contributed by atoms with van der Waals surface area (Å²) in [7, 11) is 0. The number of aromatic nitrogens is 3. The molecule has 1 amide bonds. The van der Waals surface area contributed by atoms with Crippen molar-refractivity contribution in [2.45, 2.75) is 46.9 Å². The Morgan fingerprint density at radius 2 is 1.88 bits per heavy atom. The van der Waals surface area contributed by atoms with Gasteiger partial charge in [0.1, 0.15) is 5.69 Å². The Labute approximate surface area is 192 Å². The summed E-state index contributed by atoms with van der Waals surface area (Å²) in [5, 5.41) is 13.0. The van der Waals surface area contributed by atoms with Crippen molar-refractivity contribution in [3.8, 4) is 11.3 Å². The number of aliphatic hydroxyl groups is 1. The predicted octanol–water partition coefficient (Wildman–Crippen LogP) is 4.01. The number of aromatic amines is 1. The lowest BCUT2D eigenvalue weighted by Crippen LogP contribution is -2.28. The zero-order chi connectivity index (χ0) is 23.7. The molecule has 0 unspecified atom stereocenters. The Morgan fingerprint density at radius 3 is 2.52 bits per heavy atom. The third-order valence-corrected chi connectivity index (χ3v) is 5.84. The maximum absolute atomic E-state index is 13.3. The summed E-state index contributed by atoms with van der Waals surface area (Å²) in [6.45, 7) is 7.94. The molecule has 0 radical (unpaired) electrons. The minimum Gasteiger partial charge on any atom is -0.392 e. The number of carbonyl (C=O) groups excluding carboxylic acids is 1. The normalized spacial score (nSPS) is 11.3. The minimum atomic E-state index is -0.338. The molecule has 0 bridgehead atoms. The Balaban J connectivity index is 1.75. The summed E-state index contributed by atoms with van der Waals surface area (Å²) < 4.78 is 2.11. The maximum Gasteiger partial charge on any atom is 0.270 e. The standard InChI is InChI=1S/C26H28N4O3/c1-15(2)30-10-9-20-23(30)12-22(19-7-5-18(14-31)6-8-19)29-24(20)26(33)27-13-21-16(3)11-17(4)28-25(21)32/h5-12,15,31H,13-14H2,1-4H3,(H,27,33)(H,28,32). The lowest BCUT2D eigenvalue weighted by Gasteiger charge is -2.13. The van der Waals surface area contributed by atoms with Gasteiger partial charge in [-0.1, -0.05) is 24.3 Å². The predicted molar refractivity (Wildman–Crippen MR) is 129 cm³/mol. The van der Waals surface area contributed by atoms with Crippen molar-refractivity contribution in [1.82, 2.24) is 19.9 Å². The number of nitrogens with one attached hydrogen (secondary N) is 2. The van der Waals surface area contributed by atoms with Gasteiger partial charge < -0.3 is 20.0 Å². The van der Waals surface area contributed by atoms with Gasteiger partial charge in [0.15, 0.2) is 0 Å². The van der Waals surface area contributed by atoms with Crippen molar-refractivity contribution in [1.29, 1.82) is 0 Å². The second-order valence-corrected chi connectivity index (χ2v) is 8.59. The summed E-state index contributed by atoms with van der Waals surface area (Å²) in [5.74, 6) is -0.338. The molecule has 0 aliphatic rings. The van der Waals surface area contributed by atoms with Gasteiger partial charge >= 0.3 is 0 Å². The van der Waals surface area contributed by atoms with Gasteiger partial charge in [-0.05, 0) is 57.0 Å². The van der Waals surface area contributed by atoms with E-state index in [4.69, 9.17) is 4.98 Å². The van der Waals surface area contributed by atoms with E-state index in [0.717, 1.165) is 33.3 Å². The van der Waals surface area contributed by atoms with Crippen molar-refractivity contribution in [2.24, 2.45) is 0 Å². The summed E-state index contributed by atoms with van der Waals surface area (Å²) in [6.07, 6.45) is 1.96. The minimum absolute atomic E-state index is 0.0336. The van der Waals surface area contributed by atoms with Crippen LogP contribution in [0, 0.1) is 13.8 Å². The molecule has 33 heavy (non-hydrogen) atoms. The average molecular weight is 445 g/mol. The molecule has 0 spiro atoms. The van der Waals surface area contributed by atoms with Crippen LogP contribution in [0.15, 0.2) is 53.5 Å². The first-order valence-corrected chi connectivity index (χ1v) is 11.0. The molecule has 3 N–H and O–H groups in total. The number of benzene rings is 1. The number of fused-ring (bicyclic) bond motifs is 1. The van der Waals surface area contributed by atoms with Crippen molar-refractivity contribution in [2.75, 3.05) is 0 Å². The SMILES string of the molecule is Cc1cc(C)c(CNC(=O)c2nc(-c3ccc(CO)cc3)cc3c2ccn3C(C)C)c(=O)[nH]1. The van der Waals surface area contributed by atoms with Crippen LogP contribution >= 0.6 is 0 Å². The van der Waals surface area contributed by atoms with Crippen molar-refractivity contribution < 1.29 is 9.90 Å². The molecule has 0 saturated carbocycles. The number of hydrogen-bond donors (Lipinski definition) is 3. The molecule has 4 rings (SSSR count). The Morgan fingerprint density at radius 1 is 1.15 bits per heavy atom. The Bertz CT molecular complexity index is 1380. The monoisotopic (exact) mass is 444 g/mol. The third kappa shape index (κ3) is 4.45. The average Bonchev–Trinajstić information content (AvgIpc) is 3.22. The highest BCUT2D eigenvalue weighted by atomic mass is 16.3. The van der Waals surface area contributed by atoms with Crippen LogP contribution in [0.3, 0.4) is 0 Å². The summed E-state index contributed by atoms with van der Waals surface area (Å²) in [4.78, 5) is 33.1. The zero-order valence-corrected chi connectivity index (χ0v) is 19.3. The number of amides is 1. The van der Waals surface area contributed by atoms with E-state index < -0.39 is 0 Å². The molecule has 0 aliphatic heterocycles. The lowest BCUT2D eigenvalue weighted by molar-refractivity contribution is 0.0947. The Kier molecular flexibility index (Phi) is 6.16. The number of pyridine rings is 2. The fourth-order valence-electron chi connectivity index (χ4n) is 4.06. The number of aryl methyl sites for hydroxylation is 2. The molecule has 0 atom stereocenters. The first-order chi connectivity index (χ1) is 15.8. The molecule has 3 aromatic heterocycles. The van der Waals surface area contributed by atoms with Gasteiger partial charge in [0.05, 0.1) is 17.8 Å². The fraction of sp³-hybridized carbons (Fsp3) is 0.269. The largest absolute Gasteiger partial charge is 0.392 e. The van der Waals surface area contributed by atoms with Crippen molar-refractivity contribution in [3.63, 3.8) is 0 Å². The second kappa shape index (κ2) is 9.03. The van der Waals surface area contributed by atoms with Crippen LogP contribution in [-0.2, 0) is 13.2 Å². The van der Waals surface area contributed by atoms with Gasteiger partial charge in [0.25, 0.3) is 11.5 Å². The number of aliphatic hydroxyl groups excluding tert-OH is 1. The van der Waals surface area contributed by atoms with Crippen LogP contribution in [0.1, 0.15) is 52.8 Å². The molecule has 4 aromatic rings. The van der Waals surface area contributed by atoms with Crippen LogP contribution in [0.4, 0.5) is 0 Å². The van der Waals surface area contributed by atoms with Gasteiger partial charge in [-0.25, -0.2) is 4.98 Å². The number of rotatable bonds is 6. The molecule has 170 valence electrons. The van der Waals surface area contributed by atoms with E-state index >= 15 is 0 Å². The van der Waals surface area contributed by atoms with Gasteiger partial charge in [-0.15, -0.1) is 0 Å². The summed E-state index contributed by atoms with van der Waals surface area (Å²) in [6, 6.07) is 13.4. The van der Waals surface area contributed by atoms with E-state index in [1.807, 2.05) is 62.5 Å². The van der Waals surface area contributed by atoms with Crippen LogP contribution < -0.4 is 10.9 Å². The van der Waals surface area contributed by atoms with Gasteiger partial charge in [0.2, 0.25) is 0 Å². The number of nitrogens with zero attached hydrogens (tertiary/aromatic N) is 2. The first-order valence-electron chi connectivity index (χ1n) is 11.0. The number of carbonyl (C=O) groups is 1. The molecule has 1 aromatic carbocycles. The van der Waals surface area contributed by atoms with E-state index in [9.17, 15) is 14.7 Å². The molecular weight excluding hydrogens is 416 g/mol. The van der Waals surface area contributed by atoms with E-state index in [1.165, 1.54) is 0 Å². The molecule has 0 saturated heterocycles. The molecule has 0 aliphatic carbocycles. The van der Waals surface area contributed by atoms with E-state index in [1.54, 1.807) is 0 Å². The highest BCUT2D eigenvalue weighted by Crippen LogP contribution is 2.28. The summed E-state index contributed by atoms with van der Waals surface area (Å²) >= 11 is 0. The van der Waals surface area contributed by atoms with Gasteiger partial charge in [-0.2, -0.15) is 0 Å². The van der Waals surface area contributed by atoms with Crippen LogP contribution in [0.25, 0.3) is 22.2 Å². The van der Waals surface area contributed by atoms with Crippen LogP contribution in [0.2, 0.25) is 0 Å². The molecule has 7 nitrogen and oxygen atoms in total. The van der Waals surface area contributed by atoms with Crippen molar-refractivity contribution in [3.05, 3.63) is 87.1 Å². The van der Waals surface area contributed by atoms with E-state index in [2.05, 4.69) is 28.7 Å².